The molecule has 3 rings (SSSR count). The zero-order chi connectivity index (χ0) is 21.2. The smallest absolute Gasteiger partial charge is 0.243 e. The maximum atomic E-state index is 12.8. The Morgan fingerprint density at radius 3 is 2.34 bits per heavy atom. The lowest BCUT2D eigenvalue weighted by Crippen LogP contribution is -2.52. The van der Waals surface area contributed by atoms with Crippen molar-refractivity contribution in [3.8, 4) is 0 Å². The zero-order valence-electron chi connectivity index (χ0n) is 16.3. The van der Waals surface area contributed by atoms with Crippen molar-refractivity contribution in [1.29, 1.82) is 0 Å². The molecule has 0 unspecified atom stereocenters. The van der Waals surface area contributed by atoms with Crippen LogP contribution in [-0.4, -0.2) is 58.2 Å². The minimum Gasteiger partial charge on any atom is -0.368 e. The van der Waals surface area contributed by atoms with Gasteiger partial charge in [0.2, 0.25) is 15.9 Å². The highest BCUT2D eigenvalue weighted by Crippen LogP contribution is 2.25. The van der Waals surface area contributed by atoms with Crippen LogP contribution in [-0.2, 0) is 14.8 Å². The average Bonchev–Trinajstić information content (AvgIpc) is 2.67. The molecule has 156 valence electrons. The van der Waals surface area contributed by atoms with Gasteiger partial charge in [0.25, 0.3) is 0 Å². The van der Waals surface area contributed by atoms with Gasteiger partial charge in [0.15, 0.2) is 0 Å². The Morgan fingerprint density at radius 2 is 1.76 bits per heavy atom. The molecule has 0 N–H and O–H groups in total. The Hall–Kier alpha value is -1.96. The summed E-state index contributed by atoms with van der Waals surface area (Å²) in [5.41, 5.74) is 2.23. The van der Waals surface area contributed by atoms with E-state index in [2.05, 4.69) is 4.90 Å². The van der Waals surface area contributed by atoms with Gasteiger partial charge in [0.1, 0.15) is 6.54 Å². The molecule has 1 aliphatic heterocycles. The fraction of sp³-hybridized carbons (Fsp3) is 0.350. The van der Waals surface area contributed by atoms with Gasteiger partial charge in [-0.15, -0.1) is 0 Å². The van der Waals surface area contributed by atoms with E-state index in [1.54, 1.807) is 23.1 Å². The van der Waals surface area contributed by atoms with Crippen molar-refractivity contribution in [2.24, 2.45) is 0 Å². The van der Waals surface area contributed by atoms with E-state index in [-0.39, 0.29) is 12.5 Å². The van der Waals surface area contributed by atoms with Gasteiger partial charge in [-0.3, -0.25) is 9.10 Å². The number of halogens is 2. The number of anilines is 2. The van der Waals surface area contributed by atoms with Gasteiger partial charge >= 0.3 is 0 Å². The topological polar surface area (TPSA) is 60.9 Å². The molecule has 1 saturated heterocycles. The third-order valence-corrected chi connectivity index (χ3v) is 6.71. The number of rotatable bonds is 5. The summed E-state index contributed by atoms with van der Waals surface area (Å²) in [5, 5.41) is 1.13. The summed E-state index contributed by atoms with van der Waals surface area (Å²) < 4.78 is 25.7. The second-order valence-electron chi connectivity index (χ2n) is 7.05. The Morgan fingerprint density at radius 1 is 1.07 bits per heavy atom. The largest absolute Gasteiger partial charge is 0.368 e. The standard InChI is InChI=1S/C20H23Cl2N3O3S/c1-15-6-7-18(13-19(15)22)25(29(2,27)28)14-20(26)24-10-8-23(9-11-24)17-5-3-4-16(21)12-17/h3-7,12-13H,8-11,14H2,1-2H3. The third kappa shape index (κ3) is 5.35. The Kier molecular flexibility index (Phi) is 6.61. The van der Waals surface area contributed by atoms with Crippen molar-refractivity contribution >= 4 is 50.5 Å². The second-order valence-corrected chi connectivity index (χ2v) is 9.80. The van der Waals surface area contributed by atoms with Crippen molar-refractivity contribution < 1.29 is 13.2 Å². The Labute approximate surface area is 181 Å². The summed E-state index contributed by atoms with van der Waals surface area (Å²) in [6.45, 7) is 3.91. The number of hydrogen-bond donors (Lipinski definition) is 0. The summed E-state index contributed by atoms with van der Waals surface area (Å²) in [7, 11) is -3.64. The van der Waals surface area contributed by atoms with E-state index in [1.165, 1.54) is 0 Å². The minimum absolute atomic E-state index is 0.238. The van der Waals surface area contributed by atoms with E-state index in [0.717, 1.165) is 21.8 Å². The number of piperazine rings is 1. The Balaban J connectivity index is 1.68. The molecule has 0 saturated carbocycles. The average molecular weight is 456 g/mol. The van der Waals surface area contributed by atoms with Crippen molar-refractivity contribution in [2.45, 2.75) is 6.92 Å². The first-order valence-electron chi connectivity index (χ1n) is 9.17. The van der Waals surface area contributed by atoms with Gasteiger partial charge in [-0.1, -0.05) is 35.3 Å². The van der Waals surface area contributed by atoms with Crippen molar-refractivity contribution in [3.05, 3.63) is 58.1 Å². The number of amides is 1. The molecule has 1 fully saturated rings. The molecule has 2 aromatic rings. The molecule has 0 radical (unpaired) electrons. The number of carbonyl (C=O) groups excluding carboxylic acids is 1. The van der Waals surface area contributed by atoms with Gasteiger partial charge in [-0.25, -0.2) is 8.42 Å². The molecule has 0 aliphatic carbocycles. The molecule has 0 spiro atoms. The van der Waals surface area contributed by atoms with Gasteiger partial charge in [-0.05, 0) is 42.8 Å². The van der Waals surface area contributed by atoms with E-state index in [0.29, 0.717) is 41.9 Å². The lowest BCUT2D eigenvalue weighted by atomic mass is 10.2. The molecule has 9 heteroatoms. The number of carbonyl (C=O) groups is 1. The number of benzene rings is 2. The van der Waals surface area contributed by atoms with E-state index >= 15 is 0 Å². The van der Waals surface area contributed by atoms with Crippen LogP contribution in [0.15, 0.2) is 42.5 Å². The Bertz CT molecular complexity index is 1010. The highest BCUT2D eigenvalue weighted by atomic mass is 35.5. The number of sulfonamides is 1. The quantitative estimate of drug-likeness (QED) is 0.692. The van der Waals surface area contributed by atoms with Crippen LogP contribution in [0.5, 0.6) is 0 Å². The predicted octanol–water partition coefficient (Wildman–Crippen LogP) is 3.42. The fourth-order valence-electron chi connectivity index (χ4n) is 3.25. The first-order chi connectivity index (χ1) is 13.6. The molecule has 2 aromatic carbocycles. The maximum Gasteiger partial charge on any atom is 0.243 e. The fourth-order valence-corrected chi connectivity index (χ4v) is 4.45. The van der Waals surface area contributed by atoms with Gasteiger partial charge in [0.05, 0.1) is 11.9 Å². The van der Waals surface area contributed by atoms with E-state index in [4.69, 9.17) is 23.2 Å². The van der Waals surface area contributed by atoms with Gasteiger partial charge in [-0.2, -0.15) is 0 Å². The van der Waals surface area contributed by atoms with Gasteiger partial charge < -0.3 is 9.80 Å². The minimum atomic E-state index is -3.64. The van der Waals surface area contributed by atoms with Crippen LogP contribution in [0, 0.1) is 6.92 Å². The summed E-state index contributed by atoms with van der Waals surface area (Å²) >= 11 is 12.2. The number of hydrogen-bond acceptors (Lipinski definition) is 4. The molecule has 0 atom stereocenters. The van der Waals surface area contributed by atoms with E-state index in [1.807, 2.05) is 31.2 Å². The highest BCUT2D eigenvalue weighted by molar-refractivity contribution is 7.92. The van der Waals surface area contributed by atoms with Crippen LogP contribution in [0.25, 0.3) is 0 Å². The molecule has 1 aliphatic rings. The SMILES string of the molecule is Cc1ccc(N(CC(=O)N2CCN(c3cccc(Cl)c3)CC2)S(C)(=O)=O)cc1Cl. The van der Waals surface area contributed by atoms with Crippen molar-refractivity contribution in [3.63, 3.8) is 0 Å². The first-order valence-corrected chi connectivity index (χ1v) is 11.8. The third-order valence-electron chi connectivity index (χ3n) is 4.93. The van der Waals surface area contributed by atoms with Crippen LogP contribution < -0.4 is 9.21 Å². The highest BCUT2D eigenvalue weighted by Gasteiger charge is 2.27. The molecule has 0 aromatic heterocycles. The van der Waals surface area contributed by atoms with Crippen LogP contribution in [0.4, 0.5) is 11.4 Å². The monoisotopic (exact) mass is 455 g/mol. The lowest BCUT2D eigenvalue weighted by molar-refractivity contribution is -0.129. The normalized spacial score (nSPS) is 14.8. The van der Waals surface area contributed by atoms with Crippen LogP contribution in [0.3, 0.4) is 0 Å². The van der Waals surface area contributed by atoms with Gasteiger partial charge in [0, 0.05) is 41.9 Å². The molecular weight excluding hydrogens is 433 g/mol. The molecule has 1 heterocycles. The summed E-state index contributed by atoms with van der Waals surface area (Å²) in [6.07, 6.45) is 1.09. The van der Waals surface area contributed by atoms with Crippen molar-refractivity contribution in [2.75, 3.05) is 48.2 Å². The van der Waals surface area contributed by atoms with Crippen molar-refractivity contribution in [1.82, 2.24) is 4.90 Å². The number of aryl methyl sites for hydroxylation is 1. The summed E-state index contributed by atoms with van der Waals surface area (Å²) in [6, 6.07) is 12.6. The van der Waals surface area contributed by atoms with Crippen LogP contribution >= 0.6 is 23.2 Å². The zero-order valence-corrected chi connectivity index (χ0v) is 18.6. The van der Waals surface area contributed by atoms with E-state index in [9.17, 15) is 13.2 Å². The molecular formula is C20H23Cl2N3O3S. The van der Waals surface area contributed by atoms with E-state index < -0.39 is 10.0 Å². The molecule has 29 heavy (non-hydrogen) atoms. The first kappa shape index (κ1) is 21.7. The second kappa shape index (κ2) is 8.81. The predicted molar refractivity (Wildman–Crippen MR) is 119 cm³/mol. The lowest BCUT2D eigenvalue weighted by Gasteiger charge is -2.37. The number of nitrogens with zero attached hydrogens (tertiary/aromatic N) is 3. The molecule has 6 nitrogen and oxygen atoms in total. The molecule has 1 amide bonds. The summed E-state index contributed by atoms with van der Waals surface area (Å²) in [4.78, 5) is 16.7. The van der Waals surface area contributed by atoms with Crippen LogP contribution in [0.1, 0.15) is 5.56 Å². The summed E-state index contributed by atoms with van der Waals surface area (Å²) in [5.74, 6) is -0.238. The maximum absolute atomic E-state index is 12.8. The van der Waals surface area contributed by atoms with Crippen LogP contribution in [0.2, 0.25) is 10.0 Å². The molecule has 0 bridgehead atoms.